The van der Waals surface area contributed by atoms with E-state index in [0.29, 0.717) is 30.6 Å². The van der Waals surface area contributed by atoms with E-state index in [9.17, 15) is 29.1 Å². The zero-order chi connectivity index (χ0) is 28.8. The third-order valence-corrected chi connectivity index (χ3v) is 6.90. The van der Waals surface area contributed by atoms with E-state index >= 15 is 0 Å². The number of carboxylic acids is 1. The Bertz CT molecular complexity index is 1390. The number of para-hydroxylation sites is 1. The predicted molar refractivity (Wildman–Crippen MR) is 142 cm³/mol. The molecule has 1 aliphatic rings. The van der Waals surface area contributed by atoms with E-state index in [1.54, 1.807) is 12.4 Å². The van der Waals surface area contributed by atoms with Crippen LogP contribution in [-0.2, 0) is 36.8 Å². The Kier molecular flexibility index (Phi) is 8.79. The van der Waals surface area contributed by atoms with Gasteiger partial charge >= 0.3 is 5.97 Å². The minimum Gasteiger partial charge on any atom is -0.480 e. The maximum Gasteiger partial charge on any atom is 0.326 e. The van der Waals surface area contributed by atoms with Crippen molar-refractivity contribution in [2.24, 2.45) is 11.5 Å². The van der Waals surface area contributed by atoms with Crippen molar-refractivity contribution in [3.05, 3.63) is 54.2 Å². The number of aliphatic carboxylic acids is 1. The number of imidazole rings is 1. The van der Waals surface area contributed by atoms with Crippen LogP contribution in [0.4, 0.5) is 0 Å². The number of likely N-dealkylation sites (tertiary alicyclic amines) is 1. The number of aromatic nitrogens is 3. The number of aromatic amines is 2. The molecular formula is C26H32N8O6. The van der Waals surface area contributed by atoms with Crippen LogP contribution >= 0.6 is 0 Å². The summed E-state index contributed by atoms with van der Waals surface area (Å²) in [6, 6.07) is 2.70. The number of H-pyrrole nitrogens is 2. The minimum atomic E-state index is -1.44. The van der Waals surface area contributed by atoms with Crippen molar-refractivity contribution in [3.8, 4) is 0 Å². The fourth-order valence-corrected chi connectivity index (χ4v) is 4.91. The van der Waals surface area contributed by atoms with Gasteiger partial charge in [0.2, 0.25) is 23.6 Å². The summed E-state index contributed by atoms with van der Waals surface area (Å²) < 4.78 is 0. The number of carbonyl (C=O) groups excluding carboxylic acids is 4. The summed E-state index contributed by atoms with van der Waals surface area (Å²) in [5.41, 5.74) is 13.6. The van der Waals surface area contributed by atoms with Crippen LogP contribution in [0.3, 0.4) is 0 Å². The minimum absolute atomic E-state index is 0.0402. The number of nitrogens with two attached hydrogens (primary N) is 2. The Morgan fingerprint density at radius 1 is 1.10 bits per heavy atom. The van der Waals surface area contributed by atoms with Gasteiger partial charge < -0.3 is 42.1 Å². The summed E-state index contributed by atoms with van der Waals surface area (Å²) in [5.74, 6) is -4.14. The Morgan fingerprint density at radius 3 is 2.58 bits per heavy atom. The number of carboxylic acid groups (broad SMARTS) is 1. The number of fused-ring (bicyclic) bond motifs is 1. The molecule has 0 aliphatic carbocycles. The smallest absolute Gasteiger partial charge is 0.326 e. The van der Waals surface area contributed by atoms with Gasteiger partial charge in [-0.1, -0.05) is 18.2 Å². The van der Waals surface area contributed by atoms with Gasteiger partial charge in [0.05, 0.1) is 18.8 Å². The number of benzene rings is 1. The maximum absolute atomic E-state index is 13.2. The lowest BCUT2D eigenvalue weighted by Gasteiger charge is -2.28. The largest absolute Gasteiger partial charge is 0.480 e. The van der Waals surface area contributed by atoms with Gasteiger partial charge in [-0.05, 0) is 24.5 Å². The van der Waals surface area contributed by atoms with Crippen LogP contribution in [0.2, 0.25) is 0 Å². The first-order valence-electron chi connectivity index (χ1n) is 12.8. The van der Waals surface area contributed by atoms with Gasteiger partial charge in [0.15, 0.2) is 0 Å². The number of primary amides is 1. The molecule has 4 unspecified atom stereocenters. The molecule has 0 saturated carbocycles. The number of nitrogens with zero attached hydrogens (tertiary/aromatic N) is 2. The second kappa shape index (κ2) is 12.4. The lowest BCUT2D eigenvalue weighted by Crippen LogP contribution is -2.57. The summed E-state index contributed by atoms with van der Waals surface area (Å²) >= 11 is 0. The highest BCUT2D eigenvalue weighted by molar-refractivity contribution is 5.96. The molecule has 2 aromatic heterocycles. The molecule has 212 valence electrons. The molecular weight excluding hydrogens is 520 g/mol. The predicted octanol–water partition coefficient (Wildman–Crippen LogP) is -1.08. The second-order valence-corrected chi connectivity index (χ2v) is 9.77. The molecule has 4 amide bonds. The number of rotatable bonds is 12. The first-order valence-corrected chi connectivity index (χ1v) is 12.8. The molecule has 1 aromatic carbocycles. The van der Waals surface area contributed by atoms with Gasteiger partial charge in [0.25, 0.3) is 0 Å². The molecule has 0 radical (unpaired) electrons. The Hall–Kier alpha value is -4.72. The van der Waals surface area contributed by atoms with Crippen molar-refractivity contribution in [3.63, 3.8) is 0 Å². The average molecular weight is 553 g/mol. The monoisotopic (exact) mass is 552 g/mol. The van der Waals surface area contributed by atoms with E-state index in [1.807, 2.05) is 24.3 Å². The molecule has 9 N–H and O–H groups in total. The number of carbonyl (C=O) groups is 5. The third-order valence-electron chi connectivity index (χ3n) is 6.90. The van der Waals surface area contributed by atoms with Crippen LogP contribution in [0.5, 0.6) is 0 Å². The molecule has 1 saturated heterocycles. The van der Waals surface area contributed by atoms with Gasteiger partial charge in [-0.15, -0.1) is 0 Å². The second-order valence-electron chi connectivity index (χ2n) is 9.77. The zero-order valence-corrected chi connectivity index (χ0v) is 21.6. The van der Waals surface area contributed by atoms with Gasteiger partial charge in [-0.2, -0.15) is 0 Å². The van der Waals surface area contributed by atoms with Gasteiger partial charge in [0.1, 0.15) is 18.1 Å². The van der Waals surface area contributed by atoms with Crippen molar-refractivity contribution in [1.29, 1.82) is 0 Å². The Morgan fingerprint density at radius 2 is 1.88 bits per heavy atom. The summed E-state index contributed by atoms with van der Waals surface area (Å²) in [7, 11) is 0. The van der Waals surface area contributed by atoms with Gasteiger partial charge in [0, 0.05) is 48.4 Å². The topological polar surface area (TPSA) is 229 Å². The fourth-order valence-electron chi connectivity index (χ4n) is 4.91. The first-order chi connectivity index (χ1) is 19.1. The van der Waals surface area contributed by atoms with Crippen molar-refractivity contribution in [2.75, 3.05) is 6.54 Å². The standard InChI is InChI=1S/C26H32N8O6/c27-17(9-15-12-29-13-31-15)25(38)34-7-3-6-21(34)24(37)32-19(10-22(28)35)23(36)33-20(26(39)40)8-14-11-30-18-5-2-1-4-16(14)18/h1-2,4-5,11-13,17,19-21,30H,3,6-10,27H2,(H2,28,35)(H,29,31)(H,32,37)(H,33,36)(H,39,40). The third kappa shape index (κ3) is 6.64. The van der Waals surface area contributed by atoms with E-state index < -0.39 is 60.2 Å². The first kappa shape index (κ1) is 28.3. The number of amides is 4. The van der Waals surface area contributed by atoms with Gasteiger partial charge in [-0.3, -0.25) is 19.2 Å². The molecule has 14 heteroatoms. The maximum atomic E-state index is 13.2. The summed E-state index contributed by atoms with van der Waals surface area (Å²) in [6.45, 7) is 0.298. The van der Waals surface area contributed by atoms with Gasteiger partial charge in [-0.25, -0.2) is 9.78 Å². The summed E-state index contributed by atoms with van der Waals surface area (Å²) in [5, 5.41) is 15.5. The van der Waals surface area contributed by atoms with E-state index in [-0.39, 0.29) is 12.8 Å². The molecule has 40 heavy (non-hydrogen) atoms. The highest BCUT2D eigenvalue weighted by Crippen LogP contribution is 2.21. The van der Waals surface area contributed by atoms with E-state index in [1.165, 1.54) is 11.2 Å². The van der Waals surface area contributed by atoms with Crippen LogP contribution < -0.4 is 22.1 Å². The molecule has 4 atom stereocenters. The molecule has 1 aliphatic heterocycles. The van der Waals surface area contributed by atoms with Crippen LogP contribution in [-0.4, -0.2) is 85.3 Å². The van der Waals surface area contributed by atoms with Crippen molar-refractivity contribution in [2.45, 2.75) is 56.3 Å². The van der Waals surface area contributed by atoms with E-state index in [0.717, 1.165) is 10.9 Å². The molecule has 0 spiro atoms. The van der Waals surface area contributed by atoms with E-state index in [2.05, 4.69) is 25.6 Å². The Labute approximate surface area is 228 Å². The molecule has 14 nitrogen and oxygen atoms in total. The highest BCUT2D eigenvalue weighted by Gasteiger charge is 2.38. The van der Waals surface area contributed by atoms with Crippen molar-refractivity contribution < 1.29 is 29.1 Å². The van der Waals surface area contributed by atoms with Crippen LogP contribution in [0.1, 0.15) is 30.5 Å². The van der Waals surface area contributed by atoms with Crippen LogP contribution in [0.25, 0.3) is 10.9 Å². The molecule has 3 heterocycles. The summed E-state index contributed by atoms with van der Waals surface area (Å²) in [6.07, 6.45) is 5.16. The molecule has 4 rings (SSSR count). The lowest BCUT2D eigenvalue weighted by molar-refractivity contribution is -0.143. The highest BCUT2D eigenvalue weighted by atomic mass is 16.4. The normalized spacial score (nSPS) is 17.2. The molecule has 0 bridgehead atoms. The van der Waals surface area contributed by atoms with Crippen molar-refractivity contribution >= 4 is 40.5 Å². The quantitative estimate of drug-likeness (QED) is 0.146. The van der Waals surface area contributed by atoms with Crippen LogP contribution in [0, 0.1) is 0 Å². The summed E-state index contributed by atoms with van der Waals surface area (Å²) in [4.78, 5) is 74.3. The average Bonchev–Trinajstić information content (AvgIpc) is 3.68. The molecule has 3 aromatic rings. The van der Waals surface area contributed by atoms with Crippen molar-refractivity contribution in [1.82, 2.24) is 30.5 Å². The lowest BCUT2D eigenvalue weighted by atomic mass is 10.0. The molecule has 1 fully saturated rings. The zero-order valence-electron chi connectivity index (χ0n) is 21.6. The van der Waals surface area contributed by atoms with Crippen LogP contribution in [0.15, 0.2) is 43.0 Å². The number of nitrogens with one attached hydrogen (secondary N) is 4. The van der Waals surface area contributed by atoms with E-state index in [4.69, 9.17) is 11.5 Å². The SMILES string of the molecule is NC(=O)CC(NC(=O)C1CCCN1C(=O)C(N)Cc1cnc[nH]1)C(=O)NC(Cc1c[nH]c2ccccc12)C(=O)O. The number of hydrogen-bond acceptors (Lipinski definition) is 7. The fraction of sp³-hybridized carbons (Fsp3) is 0.385. The Balaban J connectivity index is 1.43. The number of hydrogen-bond donors (Lipinski definition) is 7.